The molecule has 1 N–H and O–H groups in total. The normalized spacial score (nSPS) is 19.7. The first kappa shape index (κ1) is 24.3. The topological polar surface area (TPSA) is 52.7 Å². The van der Waals surface area contributed by atoms with E-state index in [1.54, 1.807) is 23.1 Å². The minimum Gasteiger partial charge on any atom is -0.353 e. The van der Waals surface area contributed by atoms with Crippen molar-refractivity contribution < 1.29 is 22.8 Å². The van der Waals surface area contributed by atoms with Crippen molar-refractivity contribution in [2.24, 2.45) is 5.92 Å². The number of benzene rings is 2. The van der Waals surface area contributed by atoms with Crippen molar-refractivity contribution in [2.45, 2.75) is 44.7 Å². The Bertz CT molecular complexity index is 1010. The predicted molar refractivity (Wildman–Crippen MR) is 122 cm³/mol. The van der Waals surface area contributed by atoms with Crippen molar-refractivity contribution in [2.75, 3.05) is 26.2 Å². The van der Waals surface area contributed by atoms with Crippen molar-refractivity contribution in [3.63, 3.8) is 0 Å². The Kier molecular flexibility index (Phi) is 7.88. The SMILES string of the molecule is O=C(NC1CCN(Cc2ccc(F)c(F)c2)CC1)C1CCCN(C(=O)Cc2ccc(F)cc2)C1. The van der Waals surface area contributed by atoms with Crippen molar-refractivity contribution in [3.05, 3.63) is 71.0 Å². The first-order valence-electron chi connectivity index (χ1n) is 11.9. The van der Waals surface area contributed by atoms with E-state index in [4.69, 9.17) is 0 Å². The smallest absolute Gasteiger partial charge is 0.227 e. The summed E-state index contributed by atoms with van der Waals surface area (Å²) in [6.45, 7) is 3.10. The van der Waals surface area contributed by atoms with Gasteiger partial charge in [-0.3, -0.25) is 14.5 Å². The number of amides is 2. The number of carbonyl (C=O) groups is 2. The molecule has 2 aliphatic heterocycles. The van der Waals surface area contributed by atoms with E-state index in [0.717, 1.165) is 56.0 Å². The molecule has 2 fully saturated rings. The maximum Gasteiger partial charge on any atom is 0.227 e. The summed E-state index contributed by atoms with van der Waals surface area (Å²) < 4.78 is 39.6. The number of halogens is 3. The summed E-state index contributed by atoms with van der Waals surface area (Å²) in [7, 11) is 0. The van der Waals surface area contributed by atoms with Gasteiger partial charge < -0.3 is 10.2 Å². The fourth-order valence-corrected chi connectivity index (χ4v) is 4.76. The molecular weight excluding hydrogens is 443 g/mol. The number of piperidine rings is 2. The molecule has 0 spiro atoms. The van der Waals surface area contributed by atoms with Crippen LogP contribution in [0.5, 0.6) is 0 Å². The number of nitrogens with zero attached hydrogens (tertiary/aromatic N) is 2. The van der Waals surface area contributed by atoms with Crippen LogP contribution in [-0.2, 0) is 22.6 Å². The summed E-state index contributed by atoms with van der Waals surface area (Å²) in [6.07, 6.45) is 3.30. The quantitative estimate of drug-likeness (QED) is 0.697. The van der Waals surface area contributed by atoms with Gasteiger partial charge in [-0.1, -0.05) is 18.2 Å². The summed E-state index contributed by atoms with van der Waals surface area (Å²) in [4.78, 5) is 29.5. The van der Waals surface area contributed by atoms with Crippen LogP contribution < -0.4 is 5.32 Å². The van der Waals surface area contributed by atoms with Gasteiger partial charge in [0.05, 0.1) is 12.3 Å². The zero-order valence-corrected chi connectivity index (χ0v) is 19.1. The fraction of sp³-hybridized carbons (Fsp3) is 0.462. The van der Waals surface area contributed by atoms with Crippen LogP contribution in [0.15, 0.2) is 42.5 Å². The molecule has 5 nitrogen and oxygen atoms in total. The zero-order valence-electron chi connectivity index (χ0n) is 19.1. The molecule has 0 aliphatic carbocycles. The first-order valence-corrected chi connectivity index (χ1v) is 11.9. The van der Waals surface area contributed by atoms with E-state index >= 15 is 0 Å². The summed E-state index contributed by atoms with van der Waals surface area (Å²) in [5, 5.41) is 3.15. The van der Waals surface area contributed by atoms with E-state index in [0.29, 0.717) is 19.6 Å². The van der Waals surface area contributed by atoms with E-state index in [1.165, 1.54) is 18.2 Å². The van der Waals surface area contributed by atoms with Gasteiger partial charge in [0, 0.05) is 38.8 Å². The van der Waals surface area contributed by atoms with E-state index in [-0.39, 0.29) is 36.0 Å². The third kappa shape index (κ3) is 6.38. The van der Waals surface area contributed by atoms with Crippen LogP contribution in [0.2, 0.25) is 0 Å². The zero-order chi connectivity index (χ0) is 24.1. The number of carbonyl (C=O) groups excluding carboxylic acids is 2. The van der Waals surface area contributed by atoms with E-state index in [1.807, 2.05) is 0 Å². The van der Waals surface area contributed by atoms with E-state index in [9.17, 15) is 22.8 Å². The summed E-state index contributed by atoms with van der Waals surface area (Å²) in [6, 6.07) is 9.96. The van der Waals surface area contributed by atoms with Crippen LogP contribution in [0.1, 0.15) is 36.8 Å². The lowest BCUT2D eigenvalue weighted by Gasteiger charge is -2.35. The molecule has 0 aromatic heterocycles. The molecule has 34 heavy (non-hydrogen) atoms. The predicted octanol–water partition coefficient (Wildman–Crippen LogP) is 3.67. The molecule has 0 radical (unpaired) electrons. The van der Waals surface area contributed by atoms with Gasteiger partial charge in [0.25, 0.3) is 0 Å². The number of nitrogens with one attached hydrogen (secondary N) is 1. The lowest BCUT2D eigenvalue weighted by atomic mass is 9.95. The standard InChI is InChI=1S/C26H30F3N3O2/c27-21-6-3-18(4-7-21)15-25(33)32-11-1-2-20(17-32)26(34)30-22-9-12-31(13-10-22)16-19-5-8-23(28)24(29)14-19/h3-8,14,20,22H,1-2,9-13,15-17H2,(H,30,34). The third-order valence-corrected chi connectivity index (χ3v) is 6.74. The molecule has 2 aromatic rings. The molecule has 0 saturated carbocycles. The molecule has 2 amide bonds. The van der Waals surface area contributed by atoms with Gasteiger partial charge in [0.15, 0.2) is 11.6 Å². The van der Waals surface area contributed by atoms with Gasteiger partial charge in [0.2, 0.25) is 11.8 Å². The largest absolute Gasteiger partial charge is 0.353 e. The number of hydrogen-bond donors (Lipinski definition) is 1. The Morgan fingerprint density at radius 1 is 0.882 bits per heavy atom. The Balaban J connectivity index is 1.22. The Morgan fingerprint density at radius 2 is 1.59 bits per heavy atom. The second-order valence-electron chi connectivity index (χ2n) is 9.29. The highest BCUT2D eigenvalue weighted by Crippen LogP contribution is 2.20. The lowest BCUT2D eigenvalue weighted by Crippen LogP contribution is -2.50. The molecule has 4 rings (SSSR count). The Hall–Kier alpha value is -2.87. The van der Waals surface area contributed by atoms with E-state index < -0.39 is 11.6 Å². The van der Waals surface area contributed by atoms with Gasteiger partial charge in [-0.25, -0.2) is 13.2 Å². The highest BCUT2D eigenvalue weighted by atomic mass is 19.2. The van der Waals surface area contributed by atoms with Crippen LogP contribution in [0, 0.1) is 23.4 Å². The summed E-state index contributed by atoms with van der Waals surface area (Å²) in [5.41, 5.74) is 1.49. The summed E-state index contributed by atoms with van der Waals surface area (Å²) in [5.74, 6) is -2.30. The number of rotatable bonds is 6. The molecule has 2 aliphatic rings. The molecule has 8 heteroatoms. The summed E-state index contributed by atoms with van der Waals surface area (Å²) >= 11 is 0. The van der Waals surface area contributed by atoms with Crippen molar-refractivity contribution >= 4 is 11.8 Å². The van der Waals surface area contributed by atoms with E-state index in [2.05, 4.69) is 10.2 Å². The second-order valence-corrected chi connectivity index (χ2v) is 9.29. The minimum atomic E-state index is -0.844. The molecule has 0 bridgehead atoms. The second kappa shape index (κ2) is 11.0. The van der Waals surface area contributed by atoms with Crippen LogP contribution in [0.25, 0.3) is 0 Å². The first-order chi connectivity index (χ1) is 16.4. The van der Waals surface area contributed by atoms with Crippen LogP contribution in [-0.4, -0.2) is 53.8 Å². The van der Waals surface area contributed by atoms with Crippen molar-refractivity contribution in [1.29, 1.82) is 0 Å². The van der Waals surface area contributed by atoms with Gasteiger partial charge >= 0.3 is 0 Å². The highest BCUT2D eigenvalue weighted by molar-refractivity contribution is 5.82. The third-order valence-electron chi connectivity index (χ3n) is 6.74. The molecule has 2 heterocycles. The van der Waals surface area contributed by atoms with Crippen LogP contribution in [0.4, 0.5) is 13.2 Å². The molecule has 182 valence electrons. The molecule has 2 aromatic carbocycles. The van der Waals surface area contributed by atoms with Crippen LogP contribution in [0.3, 0.4) is 0 Å². The van der Waals surface area contributed by atoms with Gasteiger partial charge in [0.1, 0.15) is 5.82 Å². The molecule has 1 unspecified atom stereocenters. The molecular formula is C26H30F3N3O2. The highest BCUT2D eigenvalue weighted by Gasteiger charge is 2.30. The number of likely N-dealkylation sites (tertiary alicyclic amines) is 2. The van der Waals surface area contributed by atoms with Crippen molar-refractivity contribution in [1.82, 2.24) is 15.1 Å². The van der Waals surface area contributed by atoms with Gasteiger partial charge in [-0.15, -0.1) is 0 Å². The average Bonchev–Trinajstić information content (AvgIpc) is 2.84. The van der Waals surface area contributed by atoms with Crippen molar-refractivity contribution in [3.8, 4) is 0 Å². The number of hydrogen-bond acceptors (Lipinski definition) is 3. The monoisotopic (exact) mass is 473 g/mol. The lowest BCUT2D eigenvalue weighted by molar-refractivity contribution is -0.135. The maximum absolute atomic E-state index is 13.4. The average molecular weight is 474 g/mol. The Labute approximate surface area is 197 Å². The van der Waals surface area contributed by atoms with Gasteiger partial charge in [-0.2, -0.15) is 0 Å². The molecule has 1 atom stereocenters. The molecule has 2 saturated heterocycles. The minimum absolute atomic E-state index is 0.0154. The van der Waals surface area contributed by atoms with Gasteiger partial charge in [-0.05, 0) is 61.1 Å². The Morgan fingerprint density at radius 3 is 2.29 bits per heavy atom. The fourth-order valence-electron chi connectivity index (χ4n) is 4.76. The maximum atomic E-state index is 13.4. The van der Waals surface area contributed by atoms with Crippen LogP contribution >= 0.6 is 0 Å².